The topological polar surface area (TPSA) is 63.6 Å². The Morgan fingerprint density at radius 3 is 2.79 bits per heavy atom. The van der Waals surface area contributed by atoms with Gasteiger partial charge in [-0.1, -0.05) is 30.3 Å². The van der Waals surface area contributed by atoms with Gasteiger partial charge < -0.3 is 0 Å². The van der Waals surface area contributed by atoms with Crippen molar-refractivity contribution in [2.75, 3.05) is 0 Å². The van der Waals surface area contributed by atoms with E-state index < -0.39 is 0 Å². The highest BCUT2D eigenvalue weighted by atomic mass is 16.1. The fourth-order valence-electron chi connectivity index (χ4n) is 2.10. The molecule has 0 saturated heterocycles. The van der Waals surface area contributed by atoms with Gasteiger partial charge in [0, 0.05) is 6.54 Å². The number of aromatic amines is 1. The molecule has 5 nitrogen and oxygen atoms in total. The van der Waals surface area contributed by atoms with Gasteiger partial charge in [-0.25, -0.2) is 4.98 Å². The molecule has 96 valence electrons. The van der Waals surface area contributed by atoms with Crippen LogP contribution in [0.1, 0.15) is 11.3 Å². The first-order valence-corrected chi connectivity index (χ1v) is 6.20. The van der Waals surface area contributed by atoms with Gasteiger partial charge in [0.1, 0.15) is 5.52 Å². The van der Waals surface area contributed by atoms with Crippen molar-refractivity contribution in [1.29, 1.82) is 0 Å². The van der Waals surface area contributed by atoms with E-state index in [1.165, 1.54) is 5.56 Å². The minimum atomic E-state index is -0.0923. The average molecular weight is 254 g/mol. The van der Waals surface area contributed by atoms with E-state index in [9.17, 15) is 4.79 Å². The standard InChI is InChI=1S/C14H14N4O/c1-10-12-13(17-16-10)14(19)18(9-15-12)8-7-11-5-3-2-4-6-11/h2-6,9H,7-8H2,1H3,(H,16,17). The summed E-state index contributed by atoms with van der Waals surface area (Å²) < 4.78 is 1.61. The number of rotatable bonds is 3. The lowest BCUT2D eigenvalue weighted by Gasteiger charge is -2.04. The van der Waals surface area contributed by atoms with Gasteiger partial charge in [0.25, 0.3) is 5.56 Å². The number of hydrogen-bond donors (Lipinski definition) is 1. The van der Waals surface area contributed by atoms with Crippen LogP contribution in [0.15, 0.2) is 41.5 Å². The van der Waals surface area contributed by atoms with Crippen LogP contribution in [0.2, 0.25) is 0 Å². The molecule has 0 spiro atoms. The van der Waals surface area contributed by atoms with Crippen LogP contribution in [-0.4, -0.2) is 19.7 Å². The predicted octanol–water partition coefficient (Wildman–Crippen LogP) is 1.67. The van der Waals surface area contributed by atoms with Gasteiger partial charge in [-0.15, -0.1) is 0 Å². The molecule has 19 heavy (non-hydrogen) atoms. The van der Waals surface area contributed by atoms with Crippen LogP contribution in [0.3, 0.4) is 0 Å². The maximum absolute atomic E-state index is 12.2. The van der Waals surface area contributed by atoms with Crippen molar-refractivity contribution in [2.45, 2.75) is 19.9 Å². The SMILES string of the molecule is Cc1[nH]nc2c(=O)n(CCc3ccccc3)cnc12. The minimum absolute atomic E-state index is 0.0923. The molecular formula is C14H14N4O. The summed E-state index contributed by atoms with van der Waals surface area (Å²) >= 11 is 0. The maximum Gasteiger partial charge on any atom is 0.281 e. The second-order valence-electron chi connectivity index (χ2n) is 4.52. The molecule has 0 fully saturated rings. The zero-order valence-corrected chi connectivity index (χ0v) is 10.6. The van der Waals surface area contributed by atoms with Crippen molar-refractivity contribution in [2.24, 2.45) is 0 Å². The van der Waals surface area contributed by atoms with Gasteiger partial charge in [-0.2, -0.15) is 5.10 Å². The lowest BCUT2D eigenvalue weighted by Crippen LogP contribution is -2.21. The van der Waals surface area contributed by atoms with Crippen molar-refractivity contribution in [3.63, 3.8) is 0 Å². The number of aromatic nitrogens is 4. The van der Waals surface area contributed by atoms with Gasteiger partial charge in [0.05, 0.1) is 12.0 Å². The summed E-state index contributed by atoms with van der Waals surface area (Å²) in [6.45, 7) is 2.47. The quantitative estimate of drug-likeness (QED) is 0.773. The molecule has 2 heterocycles. The Kier molecular flexibility index (Phi) is 2.87. The van der Waals surface area contributed by atoms with Crippen LogP contribution in [0.4, 0.5) is 0 Å². The van der Waals surface area contributed by atoms with Crippen molar-refractivity contribution < 1.29 is 0 Å². The third kappa shape index (κ3) is 2.14. The Bertz CT molecular complexity index is 758. The molecule has 1 aromatic carbocycles. The van der Waals surface area contributed by atoms with E-state index in [2.05, 4.69) is 27.3 Å². The van der Waals surface area contributed by atoms with Gasteiger partial charge in [0.15, 0.2) is 5.52 Å². The molecule has 0 unspecified atom stereocenters. The summed E-state index contributed by atoms with van der Waals surface area (Å²) in [4.78, 5) is 16.5. The minimum Gasteiger partial charge on any atom is -0.297 e. The third-order valence-corrected chi connectivity index (χ3v) is 3.19. The summed E-state index contributed by atoms with van der Waals surface area (Å²) in [7, 11) is 0. The number of H-pyrrole nitrogens is 1. The van der Waals surface area contributed by atoms with Crippen LogP contribution >= 0.6 is 0 Å². The third-order valence-electron chi connectivity index (χ3n) is 3.19. The normalized spacial score (nSPS) is 11.0. The molecule has 0 amide bonds. The summed E-state index contributed by atoms with van der Waals surface area (Å²) in [6, 6.07) is 10.1. The number of nitrogens with one attached hydrogen (secondary N) is 1. The predicted molar refractivity (Wildman–Crippen MR) is 73.0 cm³/mol. The van der Waals surface area contributed by atoms with E-state index in [0.29, 0.717) is 17.6 Å². The summed E-state index contributed by atoms with van der Waals surface area (Å²) in [5.41, 5.74) is 2.99. The monoisotopic (exact) mass is 254 g/mol. The Morgan fingerprint density at radius 2 is 2.00 bits per heavy atom. The first kappa shape index (κ1) is 11.6. The second kappa shape index (κ2) is 4.68. The zero-order chi connectivity index (χ0) is 13.2. The van der Waals surface area contributed by atoms with E-state index in [1.54, 1.807) is 10.9 Å². The average Bonchev–Trinajstić information content (AvgIpc) is 2.82. The summed E-state index contributed by atoms with van der Waals surface area (Å²) in [5.74, 6) is 0. The fraction of sp³-hybridized carbons (Fsp3) is 0.214. The Hall–Kier alpha value is -2.43. The van der Waals surface area contributed by atoms with Crippen molar-refractivity contribution in [1.82, 2.24) is 19.7 Å². The lowest BCUT2D eigenvalue weighted by atomic mass is 10.1. The molecule has 0 aliphatic heterocycles. The number of aryl methyl sites for hydroxylation is 3. The van der Waals surface area contributed by atoms with E-state index in [1.807, 2.05) is 25.1 Å². The van der Waals surface area contributed by atoms with Gasteiger partial charge >= 0.3 is 0 Å². The largest absolute Gasteiger partial charge is 0.297 e. The molecule has 2 aromatic heterocycles. The molecule has 0 aliphatic rings. The highest BCUT2D eigenvalue weighted by Gasteiger charge is 2.09. The van der Waals surface area contributed by atoms with Crippen LogP contribution in [0, 0.1) is 6.92 Å². The molecule has 0 atom stereocenters. The molecule has 0 aliphatic carbocycles. The molecular weight excluding hydrogens is 240 g/mol. The number of hydrogen-bond acceptors (Lipinski definition) is 3. The van der Waals surface area contributed by atoms with Crippen molar-refractivity contribution >= 4 is 11.0 Å². The van der Waals surface area contributed by atoms with Crippen LogP contribution < -0.4 is 5.56 Å². The molecule has 0 saturated carbocycles. The number of benzene rings is 1. The first-order chi connectivity index (χ1) is 9.25. The van der Waals surface area contributed by atoms with E-state index >= 15 is 0 Å². The Balaban J connectivity index is 1.90. The highest BCUT2D eigenvalue weighted by molar-refractivity contribution is 5.75. The van der Waals surface area contributed by atoms with Crippen LogP contribution in [0.25, 0.3) is 11.0 Å². The van der Waals surface area contributed by atoms with Crippen molar-refractivity contribution in [3.05, 3.63) is 58.3 Å². The zero-order valence-electron chi connectivity index (χ0n) is 10.6. The highest BCUT2D eigenvalue weighted by Crippen LogP contribution is 2.07. The smallest absolute Gasteiger partial charge is 0.281 e. The second-order valence-corrected chi connectivity index (χ2v) is 4.52. The van der Waals surface area contributed by atoms with Gasteiger partial charge in [-0.3, -0.25) is 14.5 Å². The number of fused-ring (bicyclic) bond motifs is 1. The number of nitrogens with zero attached hydrogens (tertiary/aromatic N) is 3. The maximum atomic E-state index is 12.2. The van der Waals surface area contributed by atoms with Crippen LogP contribution in [0.5, 0.6) is 0 Å². The molecule has 3 aromatic rings. The van der Waals surface area contributed by atoms with E-state index in [4.69, 9.17) is 0 Å². The van der Waals surface area contributed by atoms with E-state index in [-0.39, 0.29) is 5.56 Å². The first-order valence-electron chi connectivity index (χ1n) is 6.20. The van der Waals surface area contributed by atoms with E-state index in [0.717, 1.165) is 12.1 Å². The van der Waals surface area contributed by atoms with Crippen LogP contribution in [-0.2, 0) is 13.0 Å². The van der Waals surface area contributed by atoms with Gasteiger partial charge in [0.2, 0.25) is 0 Å². The molecule has 1 N–H and O–H groups in total. The molecule has 0 radical (unpaired) electrons. The molecule has 5 heteroatoms. The van der Waals surface area contributed by atoms with Gasteiger partial charge in [-0.05, 0) is 18.9 Å². The Labute approximate surface area is 109 Å². The lowest BCUT2D eigenvalue weighted by molar-refractivity contribution is 0.661. The summed E-state index contributed by atoms with van der Waals surface area (Å²) in [6.07, 6.45) is 2.40. The van der Waals surface area contributed by atoms with Crippen molar-refractivity contribution in [3.8, 4) is 0 Å². The summed E-state index contributed by atoms with van der Waals surface area (Å²) in [5, 5.41) is 6.81. The molecule has 0 bridgehead atoms. The Morgan fingerprint density at radius 1 is 1.21 bits per heavy atom. The molecule has 3 rings (SSSR count). The fourth-order valence-corrected chi connectivity index (χ4v) is 2.10.